The first-order valence-electron chi connectivity index (χ1n) is 7.24. The van der Waals surface area contributed by atoms with Crippen LogP contribution >= 0.6 is 0 Å². The number of carbonyl (C=O) groups excluding carboxylic acids is 2. The fourth-order valence-corrected chi connectivity index (χ4v) is 1.48. The summed E-state index contributed by atoms with van der Waals surface area (Å²) in [7, 11) is 0. The molecule has 0 bridgehead atoms. The van der Waals surface area contributed by atoms with Crippen LogP contribution in [0.3, 0.4) is 0 Å². The first-order chi connectivity index (χ1) is 9.54. The number of carbonyl (C=O) groups is 2. The van der Waals surface area contributed by atoms with Gasteiger partial charge in [0.2, 0.25) is 0 Å². The predicted octanol–water partition coefficient (Wildman–Crippen LogP) is 1.17. The molecule has 0 heterocycles. The van der Waals surface area contributed by atoms with Crippen molar-refractivity contribution in [1.29, 1.82) is 0 Å². The molecule has 0 fully saturated rings. The molecule has 118 valence electrons. The smallest absolute Gasteiger partial charge is 0.338 e. The Bertz CT molecular complexity index is 251. The van der Waals surface area contributed by atoms with Crippen LogP contribution in [0.25, 0.3) is 0 Å². The van der Waals surface area contributed by atoms with Crippen LogP contribution in [-0.4, -0.2) is 47.6 Å². The zero-order valence-electron chi connectivity index (χ0n) is 12.3. The lowest BCUT2D eigenvalue weighted by molar-refractivity contribution is -0.173. The highest BCUT2D eigenvalue weighted by Gasteiger charge is 2.32. The highest BCUT2D eigenvalue weighted by atomic mass is 16.6. The molecule has 0 aliphatic heterocycles. The highest BCUT2D eigenvalue weighted by molar-refractivity contribution is 5.85. The van der Waals surface area contributed by atoms with Gasteiger partial charge in [-0.25, -0.2) is 9.59 Å². The van der Waals surface area contributed by atoms with Crippen LogP contribution in [0.5, 0.6) is 0 Å². The van der Waals surface area contributed by atoms with E-state index in [1.165, 1.54) is 0 Å². The number of hydrogen-bond donors (Lipinski definition) is 2. The van der Waals surface area contributed by atoms with Gasteiger partial charge >= 0.3 is 11.9 Å². The summed E-state index contributed by atoms with van der Waals surface area (Å²) in [4.78, 5) is 22.8. The molecular formula is C14H26O6. The first-order valence-corrected chi connectivity index (χ1v) is 7.24. The molecule has 0 rings (SSSR count). The monoisotopic (exact) mass is 290 g/mol. The van der Waals surface area contributed by atoms with Crippen molar-refractivity contribution in [3.8, 4) is 0 Å². The molecular weight excluding hydrogens is 264 g/mol. The van der Waals surface area contributed by atoms with Crippen LogP contribution in [0, 0.1) is 0 Å². The molecule has 6 nitrogen and oxygen atoms in total. The lowest BCUT2D eigenvalue weighted by Crippen LogP contribution is -2.41. The minimum Gasteiger partial charge on any atom is -0.464 e. The van der Waals surface area contributed by atoms with Crippen LogP contribution < -0.4 is 0 Å². The minimum absolute atomic E-state index is 0.169. The van der Waals surface area contributed by atoms with Crippen LogP contribution in [0.15, 0.2) is 0 Å². The molecule has 0 aromatic carbocycles. The van der Waals surface area contributed by atoms with E-state index in [9.17, 15) is 19.8 Å². The van der Waals surface area contributed by atoms with Gasteiger partial charge in [-0.1, -0.05) is 39.5 Å². The molecule has 0 aromatic rings. The fraction of sp³-hybridized carbons (Fsp3) is 0.857. The molecule has 0 amide bonds. The zero-order valence-corrected chi connectivity index (χ0v) is 12.3. The van der Waals surface area contributed by atoms with Crippen molar-refractivity contribution in [1.82, 2.24) is 0 Å². The van der Waals surface area contributed by atoms with E-state index in [4.69, 9.17) is 9.47 Å². The van der Waals surface area contributed by atoms with Gasteiger partial charge in [-0.2, -0.15) is 0 Å². The van der Waals surface area contributed by atoms with E-state index in [1.807, 2.05) is 13.8 Å². The van der Waals surface area contributed by atoms with Gasteiger partial charge in [0.1, 0.15) is 0 Å². The lowest BCUT2D eigenvalue weighted by atomic mass is 10.2. The number of aliphatic hydroxyl groups is 2. The fourth-order valence-electron chi connectivity index (χ4n) is 1.48. The number of ether oxygens (including phenoxy) is 2. The van der Waals surface area contributed by atoms with E-state index in [2.05, 4.69) is 0 Å². The third-order valence-corrected chi connectivity index (χ3v) is 2.77. The molecule has 2 atom stereocenters. The second-order valence-electron chi connectivity index (χ2n) is 4.64. The number of rotatable bonds is 11. The molecule has 0 aromatic heterocycles. The number of hydrogen-bond acceptors (Lipinski definition) is 6. The number of esters is 2. The van der Waals surface area contributed by atoms with Crippen molar-refractivity contribution in [3.05, 3.63) is 0 Å². The highest BCUT2D eigenvalue weighted by Crippen LogP contribution is 2.03. The standard InChI is InChI=1S/C14H26O6/c1-3-5-7-9-19-13(17)11(15)12(16)14(18)20-10-8-6-4-2/h11-12,15-16H,3-10H2,1-2H3/t11-,12-/m1/s1. The summed E-state index contributed by atoms with van der Waals surface area (Å²) < 4.78 is 9.53. The molecule has 0 saturated carbocycles. The minimum atomic E-state index is -1.89. The topological polar surface area (TPSA) is 93.1 Å². The van der Waals surface area contributed by atoms with Crippen LogP contribution in [0.1, 0.15) is 52.4 Å². The number of unbranched alkanes of at least 4 members (excludes halogenated alkanes) is 4. The van der Waals surface area contributed by atoms with Crippen molar-refractivity contribution in [2.45, 2.75) is 64.6 Å². The average Bonchev–Trinajstić information content (AvgIpc) is 2.46. The average molecular weight is 290 g/mol. The first kappa shape index (κ1) is 18.9. The Balaban J connectivity index is 3.95. The normalized spacial score (nSPS) is 13.6. The second kappa shape index (κ2) is 11.7. The zero-order chi connectivity index (χ0) is 15.4. The predicted molar refractivity (Wildman–Crippen MR) is 73.0 cm³/mol. The number of aliphatic hydroxyl groups excluding tert-OH is 2. The maximum absolute atomic E-state index is 11.4. The summed E-state index contributed by atoms with van der Waals surface area (Å²) in [6.45, 7) is 4.36. The Labute approximate surface area is 120 Å². The van der Waals surface area contributed by atoms with Crippen molar-refractivity contribution in [2.75, 3.05) is 13.2 Å². The van der Waals surface area contributed by atoms with E-state index in [-0.39, 0.29) is 13.2 Å². The summed E-state index contributed by atoms with van der Waals surface area (Å²) in [5, 5.41) is 19.0. The largest absolute Gasteiger partial charge is 0.464 e. The molecule has 0 aliphatic carbocycles. The molecule has 0 unspecified atom stereocenters. The van der Waals surface area contributed by atoms with Crippen LogP contribution in [-0.2, 0) is 19.1 Å². The van der Waals surface area contributed by atoms with Gasteiger partial charge in [-0.05, 0) is 12.8 Å². The second-order valence-corrected chi connectivity index (χ2v) is 4.64. The molecule has 6 heteroatoms. The third-order valence-electron chi connectivity index (χ3n) is 2.77. The Morgan fingerprint density at radius 2 is 1.15 bits per heavy atom. The third kappa shape index (κ3) is 8.12. The van der Waals surface area contributed by atoms with Gasteiger partial charge < -0.3 is 19.7 Å². The van der Waals surface area contributed by atoms with Gasteiger partial charge in [0, 0.05) is 0 Å². The van der Waals surface area contributed by atoms with Crippen LogP contribution in [0.4, 0.5) is 0 Å². The molecule has 0 radical (unpaired) electrons. The van der Waals surface area contributed by atoms with Crippen LogP contribution in [0.2, 0.25) is 0 Å². The van der Waals surface area contributed by atoms with Crippen molar-refractivity contribution < 1.29 is 29.3 Å². The summed E-state index contributed by atoms with van der Waals surface area (Å²) in [6, 6.07) is 0. The summed E-state index contributed by atoms with van der Waals surface area (Å²) in [6.07, 6.45) is 1.36. The summed E-state index contributed by atoms with van der Waals surface area (Å²) in [5.41, 5.74) is 0. The Morgan fingerprint density at radius 3 is 1.45 bits per heavy atom. The maximum Gasteiger partial charge on any atom is 0.338 e. The quantitative estimate of drug-likeness (QED) is 0.438. The molecule has 0 spiro atoms. The Hall–Kier alpha value is -1.14. The molecule has 2 N–H and O–H groups in total. The Morgan fingerprint density at radius 1 is 0.800 bits per heavy atom. The van der Waals surface area contributed by atoms with Gasteiger partial charge in [0.15, 0.2) is 12.2 Å². The van der Waals surface area contributed by atoms with E-state index < -0.39 is 24.1 Å². The van der Waals surface area contributed by atoms with E-state index >= 15 is 0 Å². The van der Waals surface area contributed by atoms with Crippen molar-refractivity contribution >= 4 is 11.9 Å². The van der Waals surface area contributed by atoms with Gasteiger partial charge in [-0.3, -0.25) is 0 Å². The van der Waals surface area contributed by atoms with Crippen molar-refractivity contribution in [3.63, 3.8) is 0 Å². The Kier molecular flexibility index (Phi) is 11.0. The molecule has 20 heavy (non-hydrogen) atoms. The SMILES string of the molecule is CCCCCOC(=O)[C@H](O)[C@@H](O)C(=O)OCCCCC. The summed E-state index contributed by atoms with van der Waals surface area (Å²) >= 11 is 0. The maximum atomic E-state index is 11.4. The van der Waals surface area contributed by atoms with Gasteiger partial charge in [-0.15, -0.1) is 0 Å². The van der Waals surface area contributed by atoms with E-state index in [0.717, 1.165) is 25.7 Å². The molecule has 0 saturated heterocycles. The van der Waals surface area contributed by atoms with Gasteiger partial charge in [0.05, 0.1) is 13.2 Å². The lowest BCUT2D eigenvalue weighted by Gasteiger charge is -2.15. The van der Waals surface area contributed by atoms with Gasteiger partial charge in [0.25, 0.3) is 0 Å². The van der Waals surface area contributed by atoms with Crippen molar-refractivity contribution in [2.24, 2.45) is 0 Å². The molecule has 0 aliphatic rings. The van der Waals surface area contributed by atoms with E-state index in [0.29, 0.717) is 12.8 Å². The van der Waals surface area contributed by atoms with E-state index in [1.54, 1.807) is 0 Å². The summed E-state index contributed by atoms with van der Waals surface area (Å²) in [5.74, 6) is -2.00.